The third-order valence-corrected chi connectivity index (χ3v) is 6.87. The fraction of sp³-hybridized carbons (Fsp3) is 0.652. The summed E-state index contributed by atoms with van der Waals surface area (Å²) in [5.74, 6) is -0.151. The molecule has 0 saturated carbocycles. The number of carbonyl (C=O) groups is 2. The predicted molar refractivity (Wildman–Crippen MR) is 125 cm³/mol. The van der Waals surface area contributed by atoms with E-state index in [0.29, 0.717) is 35.9 Å². The van der Waals surface area contributed by atoms with Gasteiger partial charge in [-0.25, -0.2) is 0 Å². The summed E-state index contributed by atoms with van der Waals surface area (Å²) in [4.78, 5) is 27.1. The Morgan fingerprint density at radius 2 is 1.88 bits per heavy atom. The summed E-state index contributed by atoms with van der Waals surface area (Å²) in [6.45, 7) is 3.05. The monoisotopic (exact) mass is 485 g/mol. The number of rotatable bonds is 9. The van der Waals surface area contributed by atoms with Crippen molar-refractivity contribution >= 4 is 35.0 Å². The Morgan fingerprint density at radius 1 is 1.09 bits per heavy atom. The number of halogens is 2. The Morgan fingerprint density at radius 3 is 2.59 bits per heavy atom. The molecule has 0 unspecified atom stereocenters. The second-order valence-electron chi connectivity index (χ2n) is 8.61. The molecular weight excluding hydrogens is 453 g/mol. The van der Waals surface area contributed by atoms with Crippen LogP contribution in [0.1, 0.15) is 50.5 Å². The van der Waals surface area contributed by atoms with Gasteiger partial charge in [0.05, 0.1) is 35.2 Å². The second-order valence-corrected chi connectivity index (χ2v) is 9.43. The maximum absolute atomic E-state index is 12.4. The van der Waals surface area contributed by atoms with Crippen LogP contribution in [-0.2, 0) is 20.9 Å². The first-order valence-corrected chi connectivity index (χ1v) is 12.2. The van der Waals surface area contributed by atoms with Gasteiger partial charge in [-0.2, -0.15) is 0 Å². The molecule has 0 spiro atoms. The molecule has 0 aliphatic carbocycles. The van der Waals surface area contributed by atoms with E-state index in [4.69, 9.17) is 27.9 Å². The number of likely N-dealkylation sites (tertiary alicyclic amines) is 1. The van der Waals surface area contributed by atoms with Crippen LogP contribution in [0.25, 0.3) is 0 Å². The summed E-state index contributed by atoms with van der Waals surface area (Å²) in [6.07, 6.45) is 4.86. The first kappa shape index (κ1) is 25.2. The molecule has 2 saturated heterocycles. The average molecular weight is 486 g/mol. The standard InChI is InChI=1S/C23H33Cl2N3O4/c24-18-6-4-16(12-19(18)25)14-26-23(31)13-17-5-7-20(21(15-29)32-17)27-22(30)8-11-28-9-2-1-3-10-28/h4,6,12,17,20-21,29H,1-3,5,7-11,13-15H2,(H,26,31)(H,27,30)/t17-,20+,21-/m0/s1. The number of amides is 2. The maximum Gasteiger partial charge on any atom is 0.222 e. The van der Waals surface area contributed by atoms with Crippen LogP contribution in [0.3, 0.4) is 0 Å². The third kappa shape index (κ3) is 7.89. The number of benzene rings is 1. The Bertz CT molecular complexity index is 774. The maximum atomic E-state index is 12.4. The van der Waals surface area contributed by atoms with Crippen LogP contribution in [0.4, 0.5) is 0 Å². The lowest BCUT2D eigenvalue weighted by atomic mass is 9.96. The zero-order valence-corrected chi connectivity index (χ0v) is 19.8. The number of aliphatic hydroxyl groups excluding tert-OH is 1. The Hall–Kier alpha value is -1.38. The number of nitrogens with one attached hydrogen (secondary N) is 2. The number of carbonyl (C=O) groups excluding carboxylic acids is 2. The number of hydrogen-bond donors (Lipinski definition) is 3. The molecule has 9 heteroatoms. The molecule has 2 fully saturated rings. The number of ether oxygens (including phenoxy) is 1. The van der Waals surface area contributed by atoms with Gasteiger partial charge in [0.25, 0.3) is 0 Å². The normalized spacial score (nSPS) is 24.2. The van der Waals surface area contributed by atoms with Crippen LogP contribution in [0.5, 0.6) is 0 Å². The van der Waals surface area contributed by atoms with Gasteiger partial charge >= 0.3 is 0 Å². The number of nitrogens with zero attached hydrogens (tertiary/aromatic N) is 1. The third-order valence-electron chi connectivity index (χ3n) is 6.13. The van der Waals surface area contributed by atoms with Crippen LogP contribution in [0.15, 0.2) is 18.2 Å². The van der Waals surface area contributed by atoms with E-state index < -0.39 is 6.10 Å². The zero-order valence-electron chi connectivity index (χ0n) is 18.3. The molecule has 32 heavy (non-hydrogen) atoms. The quantitative estimate of drug-likeness (QED) is 0.500. The lowest BCUT2D eigenvalue weighted by Gasteiger charge is -2.36. The van der Waals surface area contributed by atoms with Gasteiger partial charge in [-0.1, -0.05) is 35.7 Å². The van der Waals surface area contributed by atoms with Gasteiger partial charge in [-0.3, -0.25) is 9.59 Å². The SMILES string of the molecule is O=C(C[C@@H]1CC[C@@H](NC(=O)CCN2CCCCC2)[C@H](CO)O1)NCc1ccc(Cl)c(Cl)c1. The van der Waals surface area contributed by atoms with Gasteiger partial charge in [0.15, 0.2) is 0 Å². The van der Waals surface area contributed by atoms with Crippen molar-refractivity contribution < 1.29 is 19.4 Å². The minimum absolute atomic E-state index is 0.0135. The molecular formula is C23H33Cl2N3O4. The van der Waals surface area contributed by atoms with Crippen LogP contribution in [-0.4, -0.2) is 66.3 Å². The van der Waals surface area contributed by atoms with Crippen molar-refractivity contribution in [1.29, 1.82) is 0 Å². The number of hydrogen-bond acceptors (Lipinski definition) is 5. The highest BCUT2D eigenvalue weighted by Crippen LogP contribution is 2.24. The van der Waals surface area contributed by atoms with Gasteiger partial charge in [0.2, 0.25) is 11.8 Å². The van der Waals surface area contributed by atoms with Crippen LogP contribution >= 0.6 is 23.2 Å². The fourth-order valence-electron chi connectivity index (χ4n) is 4.30. The van der Waals surface area contributed by atoms with Crippen molar-refractivity contribution in [2.75, 3.05) is 26.2 Å². The topological polar surface area (TPSA) is 90.9 Å². The van der Waals surface area contributed by atoms with E-state index in [9.17, 15) is 14.7 Å². The molecule has 1 aromatic rings. The number of piperidine rings is 1. The number of aliphatic hydroxyl groups is 1. The van der Waals surface area contributed by atoms with Crippen molar-refractivity contribution in [3.63, 3.8) is 0 Å². The lowest BCUT2D eigenvalue weighted by molar-refractivity contribution is -0.136. The summed E-state index contributed by atoms with van der Waals surface area (Å²) >= 11 is 11.9. The molecule has 2 amide bonds. The van der Waals surface area contributed by atoms with Gasteiger partial charge in [0, 0.05) is 19.5 Å². The largest absolute Gasteiger partial charge is 0.394 e. The van der Waals surface area contributed by atoms with Gasteiger partial charge < -0.3 is 25.4 Å². The first-order valence-electron chi connectivity index (χ1n) is 11.4. The highest BCUT2D eigenvalue weighted by Gasteiger charge is 2.32. The molecule has 2 aliphatic rings. The van der Waals surface area contributed by atoms with Gasteiger partial charge in [0.1, 0.15) is 6.10 Å². The molecule has 2 aliphatic heterocycles. The Kier molecular flexibility index (Phi) is 10.1. The van der Waals surface area contributed by atoms with Crippen molar-refractivity contribution in [2.45, 2.75) is 69.7 Å². The zero-order chi connectivity index (χ0) is 22.9. The van der Waals surface area contributed by atoms with E-state index in [1.165, 1.54) is 19.3 Å². The fourth-order valence-corrected chi connectivity index (χ4v) is 4.62. The van der Waals surface area contributed by atoms with E-state index in [1.807, 2.05) is 6.07 Å². The van der Waals surface area contributed by atoms with Crippen molar-refractivity contribution in [3.05, 3.63) is 33.8 Å². The molecule has 3 atom stereocenters. The molecule has 3 N–H and O–H groups in total. The van der Waals surface area contributed by atoms with E-state index in [1.54, 1.807) is 12.1 Å². The average Bonchev–Trinajstić information content (AvgIpc) is 2.80. The Balaban J connectivity index is 1.38. The molecule has 1 aromatic carbocycles. The van der Waals surface area contributed by atoms with Crippen LogP contribution in [0.2, 0.25) is 10.0 Å². The summed E-state index contributed by atoms with van der Waals surface area (Å²) in [5, 5.41) is 16.5. The molecule has 0 radical (unpaired) electrons. The van der Waals surface area contributed by atoms with Crippen molar-refractivity contribution in [1.82, 2.24) is 15.5 Å². The van der Waals surface area contributed by atoms with Gasteiger partial charge in [-0.05, 0) is 56.5 Å². The minimum Gasteiger partial charge on any atom is -0.394 e. The van der Waals surface area contributed by atoms with E-state index in [0.717, 1.165) is 25.2 Å². The summed E-state index contributed by atoms with van der Waals surface area (Å²) in [6, 6.07) is 5.00. The predicted octanol–water partition coefficient (Wildman–Crippen LogP) is 2.90. The van der Waals surface area contributed by atoms with Crippen molar-refractivity contribution in [2.24, 2.45) is 0 Å². The van der Waals surface area contributed by atoms with E-state index >= 15 is 0 Å². The Labute approximate surface area is 199 Å². The molecule has 178 valence electrons. The summed E-state index contributed by atoms with van der Waals surface area (Å²) in [7, 11) is 0. The molecule has 7 nitrogen and oxygen atoms in total. The molecule has 0 aromatic heterocycles. The summed E-state index contributed by atoms with van der Waals surface area (Å²) < 4.78 is 5.93. The second kappa shape index (κ2) is 12.8. The van der Waals surface area contributed by atoms with Gasteiger partial charge in [-0.15, -0.1) is 0 Å². The summed E-state index contributed by atoms with van der Waals surface area (Å²) in [5.41, 5.74) is 0.859. The van der Waals surface area contributed by atoms with Crippen molar-refractivity contribution in [3.8, 4) is 0 Å². The molecule has 3 rings (SSSR count). The molecule has 0 bridgehead atoms. The highest BCUT2D eigenvalue weighted by atomic mass is 35.5. The highest BCUT2D eigenvalue weighted by molar-refractivity contribution is 6.42. The minimum atomic E-state index is -0.504. The lowest BCUT2D eigenvalue weighted by Crippen LogP contribution is -2.51. The van der Waals surface area contributed by atoms with E-state index in [-0.39, 0.29) is 37.0 Å². The van der Waals surface area contributed by atoms with Crippen LogP contribution < -0.4 is 10.6 Å². The van der Waals surface area contributed by atoms with E-state index in [2.05, 4.69) is 15.5 Å². The smallest absolute Gasteiger partial charge is 0.222 e. The molecule has 2 heterocycles. The first-order chi connectivity index (χ1) is 15.4. The van der Waals surface area contributed by atoms with Crippen LogP contribution in [0, 0.1) is 0 Å².